The van der Waals surface area contributed by atoms with E-state index in [4.69, 9.17) is 4.74 Å². The van der Waals surface area contributed by atoms with Gasteiger partial charge in [-0.25, -0.2) is 12.8 Å². The van der Waals surface area contributed by atoms with Crippen LogP contribution in [0, 0.1) is 12.7 Å². The molecule has 1 atom stereocenters. The van der Waals surface area contributed by atoms with E-state index in [1.165, 1.54) is 16.4 Å². The maximum absolute atomic E-state index is 13.5. The summed E-state index contributed by atoms with van der Waals surface area (Å²) in [6.07, 6.45) is 0.286. The zero-order chi connectivity index (χ0) is 24.3. The Bertz CT molecular complexity index is 1300. The van der Waals surface area contributed by atoms with E-state index < -0.39 is 40.2 Å². The lowest BCUT2D eigenvalue weighted by atomic mass is 9.92. The third kappa shape index (κ3) is 5.08. The average molecular weight is 482 g/mol. The number of rotatable bonds is 7. The zero-order valence-electron chi connectivity index (χ0n) is 18.6. The first-order chi connectivity index (χ1) is 16.3. The SMILES string of the molecule is Cc1ccc(S(=O)(=O)N2CCc3ccccc3C2CC(=O)OCC(=O)c2ccc(F)cc2)cc1. The molecule has 0 bridgehead atoms. The molecule has 3 aromatic carbocycles. The van der Waals surface area contributed by atoms with E-state index >= 15 is 0 Å². The van der Waals surface area contributed by atoms with Gasteiger partial charge in [0.1, 0.15) is 5.82 Å². The molecule has 1 heterocycles. The van der Waals surface area contributed by atoms with Crippen molar-refractivity contribution in [3.8, 4) is 0 Å². The molecule has 0 aromatic heterocycles. The van der Waals surface area contributed by atoms with E-state index in [9.17, 15) is 22.4 Å². The van der Waals surface area contributed by atoms with E-state index in [-0.39, 0.29) is 23.4 Å². The Balaban J connectivity index is 1.54. The van der Waals surface area contributed by atoms with Crippen LogP contribution in [-0.2, 0) is 26.0 Å². The molecule has 0 aliphatic carbocycles. The fraction of sp³-hybridized carbons (Fsp3) is 0.231. The van der Waals surface area contributed by atoms with Crippen LogP contribution in [0.15, 0.2) is 77.7 Å². The molecular formula is C26H24FNO5S. The van der Waals surface area contributed by atoms with Crippen molar-refractivity contribution in [3.05, 3.63) is 101 Å². The summed E-state index contributed by atoms with van der Waals surface area (Å²) in [5.74, 6) is -1.64. The number of ketones is 1. The predicted molar refractivity (Wildman–Crippen MR) is 124 cm³/mol. The van der Waals surface area contributed by atoms with Gasteiger partial charge in [-0.2, -0.15) is 4.31 Å². The van der Waals surface area contributed by atoms with Crippen molar-refractivity contribution in [2.24, 2.45) is 0 Å². The highest BCUT2D eigenvalue weighted by Gasteiger charge is 2.37. The third-order valence-electron chi connectivity index (χ3n) is 5.88. The van der Waals surface area contributed by atoms with Gasteiger partial charge in [0.2, 0.25) is 10.0 Å². The fourth-order valence-electron chi connectivity index (χ4n) is 4.06. The molecule has 0 saturated carbocycles. The smallest absolute Gasteiger partial charge is 0.308 e. The number of Topliss-reactive ketones (excluding diaryl/α,β-unsaturated/α-hetero) is 1. The summed E-state index contributed by atoms with van der Waals surface area (Å²) in [6, 6.07) is 18.2. The number of ether oxygens (including phenoxy) is 1. The van der Waals surface area contributed by atoms with Crippen LogP contribution in [0.2, 0.25) is 0 Å². The Morgan fingerprint density at radius 1 is 1.00 bits per heavy atom. The van der Waals surface area contributed by atoms with Crippen molar-refractivity contribution in [1.82, 2.24) is 4.31 Å². The molecule has 176 valence electrons. The summed E-state index contributed by atoms with van der Waals surface area (Å²) in [5, 5.41) is 0. The van der Waals surface area contributed by atoms with Crippen LogP contribution >= 0.6 is 0 Å². The summed E-state index contributed by atoms with van der Waals surface area (Å²) in [7, 11) is -3.87. The molecule has 4 rings (SSSR count). The number of hydrogen-bond acceptors (Lipinski definition) is 5. The van der Waals surface area contributed by atoms with Gasteiger partial charge >= 0.3 is 5.97 Å². The molecule has 0 amide bonds. The van der Waals surface area contributed by atoms with Gasteiger partial charge in [-0.05, 0) is 60.9 Å². The Kier molecular flexibility index (Phi) is 6.90. The minimum atomic E-state index is -3.87. The number of carbonyl (C=O) groups excluding carboxylic acids is 2. The molecule has 8 heteroatoms. The average Bonchev–Trinajstić information content (AvgIpc) is 2.83. The van der Waals surface area contributed by atoms with Crippen molar-refractivity contribution in [1.29, 1.82) is 0 Å². The van der Waals surface area contributed by atoms with E-state index in [1.54, 1.807) is 30.3 Å². The highest BCUT2D eigenvalue weighted by molar-refractivity contribution is 7.89. The second-order valence-corrected chi connectivity index (χ2v) is 10.1. The number of esters is 1. The van der Waals surface area contributed by atoms with E-state index in [1.807, 2.05) is 25.1 Å². The highest BCUT2D eigenvalue weighted by atomic mass is 32.2. The summed E-state index contributed by atoms with van der Waals surface area (Å²) in [4.78, 5) is 25.1. The van der Waals surface area contributed by atoms with Gasteiger partial charge in [0.15, 0.2) is 12.4 Å². The maximum Gasteiger partial charge on any atom is 0.308 e. The minimum Gasteiger partial charge on any atom is -0.457 e. The molecule has 0 saturated heterocycles. The van der Waals surface area contributed by atoms with Crippen LogP contribution in [-0.4, -0.2) is 37.6 Å². The maximum atomic E-state index is 13.5. The topological polar surface area (TPSA) is 80.8 Å². The van der Waals surface area contributed by atoms with Crippen LogP contribution in [0.1, 0.15) is 39.5 Å². The van der Waals surface area contributed by atoms with Crippen molar-refractivity contribution in [2.45, 2.75) is 30.7 Å². The molecular weight excluding hydrogens is 457 g/mol. The molecule has 0 N–H and O–H groups in total. The lowest BCUT2D eigenvalue weighted by Crippen LogP contribution is -2.41. The van der Waals surface area contributed by atoms with Gasteiger partial charge in [0.25, 0.3) is 0 Å². The largest absolute Gasteiger partial charge is 0.457 e. The number of aryl methyl sites for hydroxylation is 1. The van der Waals surface area contributed by atoms with Gasteiger partial charge in [-0.3, -0.25) is 9.59 Å². The van der Waals surface area contributed by atoms with E-state index in [0.717, 1.165) is 28.8 Å². The van der Waals surface area contributed by atoms with Crippen molar-refractivity contribution in [3.63, 3.8) is 0 Å². The molecule has 0 fully saturated rings. The molecule has 0 radical (unpaired) electrons. The zero-order valence-corrected chi connectivity index (χ0v) is 19.4. The van der Waals surface area contributed by atoms with Gasteiger partial charge < -0.3 is 4.74 Å². The van der Waals surface area contributed by atoms with Crippen molar-refractivity contribution in [2.75, 3.05) is 13.2 Å². The van der Waals surface area contributed by atoms with Crippen molar-refractivity contribution < 1.29 is 27.1 Å². The quantitative estimate of drug-likeness (QED) is 0.373. The van der Waals surface area contributed by atoms with Gasteiger partial charge in [0, 0.05) is 12.1 Å². The van der Waals surface area contributed by atoms with Crippen LogP contribution in [0.4, 0.5) is 4.39 Å². The van der Waals surface area contributed by atoms with Crippen LogP contribution in [0.5, 0.6) is 0 Å². The third-order valence-corrected chi connectivity index (χ3v) is 7.80. The normalized spacial score (nSPS) is 16.0. The van der Waals surface area contributed by atoms with Gasteiger partial charge in [-0.1, -0.05) is 42.0 Å². The first-order valence-electron chi connectivity index (χ1n) is 10.9. The number of fused-ring (bicyclic) bond motifs is 1. The Morgan fingerprint density at radius 2 is 1.68 bits per heavy atom. The summed E-state index contributed by atoms with van der Waals surface area (Å²) in [5.41, 5.74) is 2.87. The van der Waals surface area contributed by atoms with E-state index in [0.29, 0.717) is 6.42 Å². The number of carbonyl (C=O) groups is 2. The number of hydrogen-bond donors (Lipinski definition) is 0. The first-order valence-corrected chi connectivity index (χ1v) is 12.3. The van der Waals surface area contributed by atoms with Crippen molar-refractivity contribution >= 4 is 21.8 Å². The van der Waals surface area contributed by atoms with E-state index in [2.05, 4.69) is 0 Å². The predicted octanol–water partition coefficient (Wildman–Crippen LogP) is 4.24. The van der Waals surface area contributed by atoms with Crippen LogP contribution in [0.3, 0.4) is 0 Å². The lowest BCUT2D eigenvalue weighted by molar-refractivity contribution is -0.143. The number of sulfonamides is 1. The summed E-state index contributed by atoms with van der Waals surface area (Å²) < 4.78 is 46.5. The Labute approximate surface area is 198 Å². The number of benzene rings is 3. The number of nitrogens with zero attached hydrogens (tertiary/aromatic N) is 1. The minimum absolute atomic E-state index is 0.155. The second kappa shape index (κ2) is 9.87. The lowest BCUT2D eigenvalue weighted by Gasteiger charge is -2.36. The molecule has 34 heavy (non-hydrogen) atoms. The second-order valence-electron chi connectivity index (χ2n) is 8.19. The molecule has 3 aromatic rings. The Hall–Kier alpha value is -3.36. The molecule has 1 aliphatic rings. The first kappa shape index (κ1) is 23.8. The highest BCUT2D eigenvalue weighted by Crippen LogP contribution is 2.36. The molecule has 1 aliphatic heterocycles. The number of halogens is 1. The van der Waals surface area contributed by atoms with Crippen LogP contribution < -0.4 is 0 Å². The fourth-order valence-corrected chi connectivity index (χ4v) is 5.66. The van der Waals surface area contributed by atoms with Gasteiger partial charge in [0.05, 0.1) is 17.4 Å². The molecule has 0 spiro atoms. The Morgan fingerprint density at radius 3 is 2.38 bits per heavy atom. The summed E-state index contributed by atoms with van der Waals surface area (Å²) in [6.45, 7) is 1.59. The van der Waals surface area contributed by atoms with Gasteiger partial charge in [-0.15, -0.1) is 0 Å². The van der Waals surface area contributed by atoms with Crippen LogP contribution in [0.25, 0.3) is 0 Å². The molecule has 1 unspecified atom stereocenters. The monoisotopic (exact) mass is 481 g/mol. The molecule has 6 nitrogen and oxygen atoms in total. The standard InChI is InChI=1S/C26H24FNO5S/c1-18-6-12-22(13-7-18)34(31,32)28-15-14-19-4-2-3-5-23(19)24(28)16-26(30)33-17-25(29)20-8-10-21(27)11-9-20/h2-13,24H,14-17H2,1H3. The summed E-state index contributed by atoms with van der Waals surface area (Å²) >= 11 is 0.